The van der Waals surface area contributed by atoms with E-state index in [1.807, 2.05) is 31.2 Å². The van der Waals surface area contributed by atoms with Gasteiger partial charge in [-0.15, -0.1) is 0 Å². The van der Waals surface area contributed by atoms with Crippen LogP contribution in [0.25, 0.3) is 11.2 Å². The number of hydrogen-bond acceptors (Lipinski definition) is 7. The van der Waals surface area contributed by atoms with E-state index >= 15 is 0 Å². The first-order valence-corrected chi connectivity index (χ1v) is 7.84. The molecule has 3 rings (SSSR count). The lowest BCUT2D eigenvalue weighted by atomic mass is 10.2. The number of carbonyl (C=O) groups excluding carboxylic acids is 1. The van der Waals surface area contributed by atoms with Gasteiger partial charge in [-0.25, -0.2) is 15.0 Å². The van der Waals surface area contributed by atoms with E-state index in [-0.39, 0.29) is 19.3 Å². The number of nitrogens with zero attached hydrogens (tertiary/aromatic N) is 4. The Morgan fingerprint density at radius 1 is 1.16 bits per heavy atom. The van der Waals surface area contributed by atoms with Gasteiger partial charge in [0.1, 0.15) is 19.7 Å². The summed E-state index contributed by atoms with van der Waals surface area (Å²) in [6.45, 7) is 4.19. The Morgan fingerprint density at radius 2 is 1.96 bits per heavy atom. The fraction of sp³-hybridized carbons (Fsp3) is 0.294. The van der Waals surface area contributed by atoms with Crippen molar-refractivity contribution in [2.45, 2.75) is 20.6 Å². The summed E-state index contributed by atoms with van der Waals surface area (Å²) >= 11 is 0. The summed E-state index contributed by atoms with van der Waals surface area (Å²) in [6, 6.07) is 8.02. The van der Waals surface area contributed by atoms with Gasteiger partial charge in [-0.2, -0.15) is 0 Å². The first kappa shape index (κ1) is 16.8. The number of esters is 1. The van der Waals surface area contributed by atoms with Crippen molar-refractivity contribution in [3.63, 3.8) is 0 Å². The molecule has 0 radical (unpaired) electrons. The van der Waals surface area contributed by atoms with Crippen LogP contribution in [0.2, 0.25) is 0 Å². The largest absolute Gasteiger partial charge is 0.463 e. The summed E-state index contributed by atoms with van der Waals surface area (Å²) < 4.78 is 12.1. The SMILES string of the molecule is CC(=O)OCCOCn1cnc2c(Nc3ccc(C)cc3)ncnc21. The van der Waals surface area contributed by atoms with Crippen LogP contribution in [0.15, 0.2) is 36.9 Å². The molecule has 0 aliphatic rings. The molecule has 8 heteroatoms. The predicted molar refractivity (Wildman–Crippen MR) is 92.4 cm³/mol. The van der Waals surface area contributed by atoms with Gasteiger partial charge in [-0.05, 0) is 19.1 Å². The van der Waals surface area contributed by atoms with E-state index in [1.54, 1.807) is 10.9 Å². The normalized spacial score (nSPS) is 10.8. The number of fused-ring (bicyclic) bond motifs is 1. The van der Waals surface area contributed by atoms with Crippen LogP contribution in [0.3, 0.4) is 0 Å². The van der Waals surface area contributed by atoms with Crippen molar-refractivity contribution in [3.8, 4) is 0 Å². The Morgan fingerprint density at radius 3 is 2.72 bits per heavy atom. The Hall–Kier alpha value is -3.00. The van der Waals surface area contributed by atoms with Gasteiger partial charge in [0.15, 0.2) is 17.0 Å². The topological polar surface area (TPSA) is 91.2 Å². The van der Waals surface area contributed by atoms with E-state index in [0.29, 0.717) is 23.6 Å². The van der Waals surface area contributed by atoms with Crippen molar-refractivity contribution in [2.75, 3.05) is 18.5 Å². The van der Waals surface area contributed by atoms with Gasteiger partial charge in [0, 0.05) is 12.6 Å². The molecule has 0 atom stereocenters. The van der Waals surface area contributed by atoms with Crippen molar-refractivity contribution in [1.82, 2.24) is 19.5 Å². The van der Waals surface area contributed by atoms with Gasteiger partial charge in [0.2, 0.25) is 0 Å². The van der Waals surface area contributed by atoms with Gasteiger partial charge in [0.25, 0.3) is 0 Å². The minimum atomic E-state index is -0.323. The van der Waals surface area contributed by atoms with E-state index in [9.17, 15) is 4.79 Å². The van der Waals surface area contributed by atoms with Gasteiger partial charge in [-0.3, -0.25) is 9.36 Å². The fourth-order valence-electron chi connectivity index (χ4n) is 2.25. The Labute approximate surface area is 144 Å². The van der Waals surface area contributed by atoms with Crippen LogP contribution in [-0.2, 0) is 21.0 Å². The van der Waals surface area contributed by atoms with E-state index in [2.05, 4.69) is 20.3 Å². The average Bonchev–Trinajstić information content (AvgIpc) is 3.01. The van der Waals surface area contributed by atoms with Crippen LogP contribution >= 0.6 is 0 Å². The second-order valence-electron chi connectivity index (χ2n) is 5.48. The van der Waals surface area contributed by atoms with Gasteiger partial charge >= 0.3 is 5.97 Å². The van der Waals surface area contributed by atoms with Gasteiger partial charge in [0.05, 0.1) is 12.9 Å². The highest BCUT2D eigenvalue weighted by Crippen LogP contribution is 2.21. The minimum absolute atomic E-state index is 0.219. The maximum absolute atomic E-state index is 10.7. The standard InChI is InChI=1S/C17H19N5O3/c1-12-3-5-14(6-4-12)21-16-15-17(19-9-18-16)22(10-20-15)11-24-7-8-25-13(2)23/h3-6,9-10H,7-8,11H2,1-2H3,(H,18,19,21). The monoisotopic (exact) mass is 341 g/mol. The number of aromatic nitrogens is 4. The lowest BCUT2D eigenvalue weighted by Gasteiger charge is -2.08. The first-order chi connectivity index (χ1) is 12.1. The number of anilines is 2. The second kappa shape index (κ2) is 7.71. The molecule has 1 aromatic carbocycles. The summed E-state index contributed by atoms with van der Waals surface area (Å²) in [5.74, 6) is 0.309. The molecule has 2 aromatic heterocycles. The number of carbonyl (C=O) groups is 1. The Bertz CT molecular complexity index is 860. The molecule has 0 fully saturated rings. The maximum atomic E-state index is 10.7. The van der Waals surface area contributed by atoms with Crippen molar-refractivity contribution >= 4 is 28.6 Å². The summed E-state index contributed by atoms with van der Waals surface area (Å²) in [6.07, 6.45) is 3.13. The number of imidazole rings is 1. The number of ether oxygens (including phenoxy) is 2. The molecule has 0 aliphatic heterocycles. The second-order valence-corrected chi connectivity index (χ2v) is 5.48. The Kier molecular flexibility index (Phi) is 5.20. The van der Waals surface area contributed by atoms with Crippen molar-refractivity contribution < 1.29 is 14.3 Å². The maximum Gasteiger partial charge on any atom is 0.302 e. The van der Waals surface area contributed by atoms with Crippen molar-refractivity contribution in [3.05, 3.63) is 42.5 Å². The lowest BCUT2D eigenvalue weighted by molar-refractivity contribution is -0.142. The van der Waals surface area contributed by atoms with E-state index in [4.69, 9.17) is 9.47 Å². The van der Waals surface area contributed by atoms with Crippen LogP contribution < -0.4 is 5.32 Å². The smallest absolute Gasteiger partial charge is 0.302 e. The molecule has 25 heavy (non-hydrogen) atoms. The van der Waals surface area contributed by atoms with Crippen LogP contribution in [0.4, 0.5) is 11.5 Å². The molecular formula is C17H19N5O3. The zero-order valence-corrected chi connectivity index (χ0v) is 14.1. The number of nitrogens with one attached hydrogen (secondary N) is 1. The van der Waals surface area contributed by atoms with Crippen molar-refractivity contribution in [2.24, 2.45) is 0 Å². The molecule has 1 N–H and O–H groups in total. The average molecular weight is 341 g/mol. The minimum Gasteiger partial charge on any atom is -0.463 e. The summed E-state index contributed by atoms with van der Waals surface area (Å²) in [7, 11) is 0. The van der Waals surface area contributed by atoms with Gasteiger partial charge < -0.3 is 14.8 Å². The molecule has 8 nitrogen and oxygen atoms in total. The van der Waals surface area contributed by atoms with E-state index in [0.717, 1.165) is 5.69 Å². The molecule has 3 aromatic rings. The fourth-order valence-corrected chi connectivity index (χ4v) is 2.25. The third-order valence-corrected chi connectivity index (χ3v) is 3.48. The Balaban J connectivity index is 1.69. The highest BCUT2D eigenvalue weighted by molar-refractivity contribution is 5.85. The molecule has 0 saturated carbocycles. The third kappa shape index (κ3) is 4.30. The van der Waals surface area contributed by atoms with Crippen LogP contribution in [0.1, 0.15) is 12.5 Å². The molecule has 130 valence electrons. The quantitative estimate of drug-likeness (QED) is 0.521. The molecule has 2 heterocycles. The first-order valence-electron chi connectivity index (χ1n) is 7.84. The van der Waals surface area contributed by atoms with Crippen LogP contribution in [0, 0.1) is 6.92 Å². The number of aryl methyl sites for hydroxylation is 1. The zero-order chi connectivity index (χ0) is 17.6. The highest BCUT2D eigenvalue weighted by Gasteiger charge is 2.10. The summed E-state index contributed by atoms with van der Waals surface area (Å²) in [4.78, 5) is 23.6. The molecule has 0 unspecified atom stereocenters. The molecular weight excluding hydrogens is 322 g/mol. The van der Waals surface area contributed by atoms with Crippen molar-refractivity contribution in [1.29, 1.82) is 0 Å². The van der Waals surface area contributed by atoms with Crippen LogP contribution in [0.5, 0.6) is 0 Å². The van der Waals surface area contributed by atoms with Crippen LogP contribution in [-0.4, -0.2) is 38.7 Å². The van der Waals surface area contributed by atoms with Gasteiger partial charge in [-0.1, -0.05) is 17.7 Å². The molecule has 0 bridgehead atoms. The predicted octanol–water partition coefficient (Wildman–Crippen LogP) is 2.42. The van der Waals surface area contributed by atoms with E-state index < -0.39 is 0 Å². The summed E-state index contributed by atoms with van der Waals surface area (Å²) in [5.41, 5.74) is 3.44. The molecule has 0 aliphatic carbocycles. The summed E-state index contributed by atoms with van der Waals surface area (Å²) in [5, 5.41) is 3.25. The molecule has 0 spiro atoms. The zero-order valence-electron chi connectivity index (χ0n) is 14.1. The molecule has 0 amide bonds. The number of benzene rings is 1. The molecule has 0 saturated heterocycles. The number of rotatable bonds is 7. The third-order valence-electron chi connectivity index (χ3n) is 3.48. The van der Waals surface area contributed by atoms with E-state index in [1.165, 1.54) is 18.8 Å². The number of hydrogen-bond donors (Lipinski definition) is 1. The highest BCUT2D eigenvalue weighted by atomic mass is 16.6. The lowest BCUT2D eigenvalue weighted by Crippen LogP contribution is -2.10.